The first-order chi connectivity index (χ1) is 11.4. The molecule has 0 spiro atoms. The lowest BCUT2D eigenvalue weighted by molar-refractivity contribution is -0.146. The molecule has 1 aromatic carbocycles. The molecular formula is C18H23NO5. The summed E-state index contributed by atoms with van der Waals surface area (Å²) < 4.78 is 16.3. The molecule has 24 heavy (non-hydrogen) atoms. The lowest BCUT2D eigenvalue weighted by Gasteiger charge is -2.27. The average Bonchev–Trinajstić information content (AvgIpc) is 3.04. The highest BCUT2D eigenvalue weighted by Crippen LogP contribution is 2.43. The first-order valence-corrected chi connectivity index (χ1v) is 8.14. The SMILES string of the molecule is COC(=O)[C@@H]1[C@H]2CC(C)(C)OC2CN1C(=O)OCc1ccccc1. The topological polar surface area (TPSA) is 65.1 Å². The van der Waals surface area contributed by atoms with E-state index in [2.05, 4.69) is 0 Å². The Hall–Kier alpha value is -2.08. The maximum Gasteiger partial charge on any atom is 0.410 e. The summed E-state index contributed by atoms with van der Waals surface area (Å²) in [6, 6.07) is 8.79. The summed E-state index contributed by atoms with van der Waals surface area (Å²) in [6.07, 6.45) is 0.0401. The van der Waals surface area contributed by atoms with E-state index in [-0.39, 0.29) is 24.2 Å². The minimum absolute atomic E-state index is 0.0586. The zero-order valence-corrected chi connectivity index (χ0v) is 14.2. The molecule has 0 bridgehead atoms. The van der Waals surface area contributed by atoms with Crippen LogP contribution in [0.4, 0.5) is 4.79 Å². The van der Waals surface area contributed by atoms with Crippen molar-refractivity contribution in [1.29, 1.82) is 0 Å². The number of benzene rings is 1. The molecule has 0 aromatic heterocycles. The summed E-state index contributed by atoms with van der Waals surface area (Å²) in [4.78, 5) is 26.2. The van der Waals surface area contributed by atoms with Crippen LogP contribution in [0.25, 0.3) is 0 Å². The van der Waals surface area contributed by atoms with Crippen LogP contribution in [0.5, 0.6) is 0 Å². The minimum Gasteiger partial charge on any atom is -0.467 e. The third kappa shape index (κ3) is 3.24. The number of hydrogen-bond donors (Lipinski definition) is 0. The van der Waals surface area contributed by atoms with Gasteiger partial charge in [-0.15, -0.1) is 0 Å². The summed E-state index contributed by atoms with van der Waals surface area (Å²) in [6.45, 7) is 4.52. The molecule has 1 unspecified atom stereocenters. The number of nitrogens with zero attached hydrogens (tertiary/aromatic N) is 1. The standard InChI is InChI=1S/C18H23NO5/c1-18(2)9-13-14(24-18)10-19(15(13)16(20)22-3)17(21)23-11-12-7-5-4-6-8-12/h4-8,13-15H,9-11H2,1-3H3/t13-,14?,15-/m0/s1. The third-order valence-electron chi connectivity index (χ3n) is 4.68. The van der Waals surface area contributed by atoms with Crippen molar-refractivity contribution in [2.75, 3.05) is 13.7 Å². The Morgan fingerprint density at radius 2 is 2.00 bits per heavy atom. The van der Waals surface area contributed by atoms with Crippen LogP contribution >= 0.6 is 0 Å². The van der Waals surface area contributed by atoms with E-state index < -0.39 is 18.1 Å². The van der Waals surface area contributed by atoms with Gasteiger partial charge >= 0.3 is 12.1 Å². The van der Waals surface area contributed by atoms with Gasteiger partial charge in [-0.05, 0) is 25.8 Å². The number of hydrogen-bond acceptors (Lipinski definition) is 5. The number of esters is 1. The summed E-state index contributed by atoms with van der Waals surface area (Å²) in [5, 5.41) is 0. The van der Waals surface area contributed by atoms with E-state index in [0.717, 1.165) is 5.56 Å². The van der Waals surface area contributed by atoms with Gasteiger partial charge in [-0.1, -0.05) is 30.3 Å². The van der Waals surface area contributed by atoms with Crippen LogP contribution < -0.4 is 0 Å². The van der Waals surface area contributed by atoms with Crippen LogP contribution in [0.2, 0.25) is 0 Å². The second-order valence-corrected chi connectivity index (χ2v) is 6.94. The van der Waals surface area contributed by atoms with Crippen molar-refractivity contribution in [3.05, 3.63) is 35.9 Å². The number of ether oxygens (including phenoxy) is 3. The van der Waals surface area contributed by atoms with Crippen molar-refractivity contribution in [3.8, 4) is 0 Å². The molecule has 0 N–H and O–H groups in total. The van der Waals surface area contributed by atoms with E-state index in [1.165, 1.54) is 12.0 Å². The second-order valence-electron chi connectivity index (χ2n) is 6.94. The maximum atomic E-state index is 12.5. The Balaban J connectivity index is 1.70. The molecule has 2 aliphatic rings. The highest BCUT2D eigenvalue weighted by molar-refractivity contribution is 5.82. The van der Waals surface area contributed by atoms with Gasteiger partial charge in [0.1, 0.15) is 12.6 Å². The average molecular weight is 333 g/mol. The summed E-state index contributed by atoms with van der Waals surface area (Å²) in [5.41, 5.74) is 0.610. The van der Waals surface area contributed by atoms with Crippen LogP contribution in [0.15, 0.2) is 30.3 Å². The molecule has 2 saturated heterocycles. The normalized spacial score (nSPS) is 27.6. The van der Waals surface area contributed by atoms with E-state index >= 15 is 0 Å². The Labute approximate surface area is 141 Å². The zero-order valence-electron chi connectivity index (χ0n) is 14.2. The fraction of sp³-hybridized carbons (Fsp3) is 0.556. The monoisotopic (exact) mass is 333 g/mol. The smallest absolute Gasteiger partial charge is 0.410 e. The van der Waals surface area contributed by atoms with E-state index in [0.29, 0.717) is 13.0 Å². The fourth-order valence-electron chi connectivity index (χ4n) is 3.68. The van der Waals surface area contributed by atoms with E-state index in [1.54, 1.807) is 0 Å². The molecule has 0 saturated carbocycles. The Bertz CT molecular complexity index is 615. The zero-order chi connectivity index (χ0) is 17.3. The van der Waals surface area contributed by atoms with E-state index in [1.807, 2.05) is 44.2 Å². The lowest BCUT2D eigenvalue weighted by Crippen LogP contribution is -2.45. The van der Waals surface area contributed by atoms with Gasteiger partial charge in [-0.3, -0.25) is 4.90 Å². The van der Waals surface area contributed by atoms with Gasteiger partial charge in [0, 0.05) is 5.92 Å². The fourth-order valence-corrected chi connectivity index (χ4v) is 3.68. The summed E-state index contributed by atoms with van der Waals surface area (Å²) >= 11 is 0. The van der Waals surface area contributed by atoms with Crippen LogP contribution in [-0.4, -0.2) is 48.4 Å². The largest absolute Gasteiger partial charge is 0.467 e. The Kier molecular flexibility index (Phi) is 4.49. The molecule has 130 valence electrons. The number of fused-ring (bicyclic) bond motifs is 1. The first kappa shape index (κ1) is 16.8. The molecule has 0 radical (unpaired) electrons. The molecule has 2 aliphatic heterocycles. The van der Waals surface area contributed by atoms with Crippen LogP contribution in [-0.2, 0) is 25.6 Å². The van der Waals surface area contributed by atoms with Crippen molar-refractivity contribution >= 4 is 12.1 Å². The van der Waals surface area contributed by atoms with Gasteiger partial charge in [-0.2, -0.15) is 0 Å². The third-order valence-corrected chi connectivity index (χ3v) is 4.68. The first-order valence-electron chi connectivity index (χ1n) is 8.14. The van der Waals surface area contributed by atoms with Crippen molar-refractivity contribution in [2.45, 2.75) is 44.6 Å². The van der Waals surface area contributed by atoms with Crippen molar-refractivity contribution in [2.24, 2.45) is 5.92 Å². The molecule has 6 nitrogen and oxygen atoms in total. The van der Waals surface area contributed by atoms with E-state index in [9.17, 15) is 9.59 Å². The predicted octanol–water partition coefficient (Wildman–Crippen LogP) is 2.36. The maximum absolute atomic E-state index is 12.5. The van der Waals surface area contributed by atoms with Gasteiger partial charge < -0.3 is 14.2 Å². The van der Waals surface area contributed by atoms with Crippen molar-refractivity contribution in [1.82, 2.24) is 4.90 Å². The van der Waals surface area contributed by atoms with Gasteiger partial charge in [0.25, 0.3) is 0 Å². The molecule has 3 rings (SSSR count). The number of rotatable bonds is 3. The second kappa shape index (κ2) is 6.43. The van der Waals surface area contributed by atoms with Crippen LogP contribution in [0.3, 0.4) is 0 Å². The summed E-state index contributed by atoms with van der Waals surface area (Å²) in [7, 11) is 1.34. The van der Waals surface area contributed by atoms with Crippen molar-refractivity contribution < 1.29 is 23.8 Å². The molecule has 0 aliphatic carbocycles. The quantitative estimate of drug-likeness (QED) is 0.795. The highest BCUT2D eigenvalue weighted by atomic mass is 16.6. The van der Waals surface area contributed by atoms with Gasteiger partial charge in [0.2, 0.25) is 0 Å². The van der Waals surface area contributed by atoms with Gasteiger partial charge in [0.05, 0.1) is 25.4 Å². The molecule has 1 amide bonds. The molecule has 6 heteroatoms. The molecular weight excluding hydrogens is 310 g/mol. The molecule has 2 heterocycles. The van der Waals surface area contributed by atoms with E-state index in [4.69, 9.17) is 14.2 Å². The summed E-state index contributed by atoms with van der Waals surface area (Å²) in [5.74, 6) is -0.475. The van der Waals surface area contributed by atoms with Gasteiger partial charge in [0.15, 0.2) is 0 Å². The number of likely N-dealkylation sites (tertiary alicyclic amines) is 1. The van der Waals surface area contributed by atoms with Crippen molar-refractivity contribution in [3.63, 3.8) is 0 Å². The van der Waals surface area contributed by atoms with Crippen LogP contribution in [0.1, 0.15) is 25.8 Å². The number of methoxy groups -OCH3 is 1. The number of carbonyl (C=O) groups excluding carboxylic acids is 2. The Morgan fingerprint density at radius 1 is 1.29 bits per heavy atom. The highest BCUT2D eigenvalue weighted by Gasteiger charge is 2.56. The lowest BCUT2D eigenvalue weighted by atomic mass is 9.90. The minimum atomic E-state index is -0.648. The van der Waals surface area contributed by atoms with Gasteiger partial charge in [-0.25, -0.2) is 9.59 Å². The number of amides is 1. The number of carbonyl (C=O) groups is 2. The predicted molar refractivity (Wildman–Crippen MR) is 86.2 cm³/mol. The van der Waals surface area contributed by atoms with Crippen LogP contribution in [0, 0.1) is 5.92 Å². The molecule has 2 fully saturated rings. The Morgan fingerprint density at radius 3 is 2.67 bits per heavy atom. The molecule has 1 aromatic rings. The molecule has 3 atom stereocenters.